The maximum absolute atomic E-state index is 4.54. The van der Waals surface area contributed by atoms with Crippen molar-refractivity contribution in [3.05, 3.63) is 70.3 Å². The Morgan fingerprint density at radius 1 is 0.905 bits per heavy atom. The predicted octanol–water partition coefficient (Wildman–Crippen LogP) is 4.58. The normalized spacial score (nSPS) is 14.3. The minimum absolute atomic E-state index is 0.430. The second-order valence-electron chi connectivity index (χ2n) is 5.51. The molecule has 1 N–H and O–H groups in total. The lowest BCUT2D eigenvalue weighted by Gasteiger charge is -2.15. The van der Waals surface area contributed by atoms with E-state index in [1.165, 1.54) is 21.9 Å². The zero-order valence-electron chi connectivity index (χ0n) is 11.5. The summed E-state index contributed by atoms with van der Waals surface area (Å²) in [6, 6.07) is 17.4. The summed E-state index contributed by atoms with van der Waals surface area (Å²) in [5.74, 6) is 0.978. The molecule has 1 aliphatic rings. The number of pyridine rings is 1. The zero-order chi connectivity index (χ0) is 14.2. The molecule has 0 saturated heterocycles. The molecule has 4 rings (SSSR count). The van der Waals surface area contributed by atoms with Crippen LogP contribution in [-0.2, 0) is 12.8 Å². The molecule has 0 atom stereocenters. The predicted molar refractivity (Wildman–Crippen MR) is 90.7 cm³/mol. The first kappa shape index (κ1) is 12.8. The van der Waals surface area contributed by atoms with Crippen molar-refractivity contribution in [1.29, 1.82) is 0 Å². The van der Waals surface area contributed by atoms with Gasteiger partial charge < -0.3 is 5.32 Å². The van der Waals surface area contributed by atoms with Gasteiger partial charge in [-0.25, -0.2) is 4.98 Å². The van der Waals surface area contributed by atoms with E-state index in [2.05, 4.69) is 68.7 Å². The molecule has 0 fully saturated rings. The summed E-state index contributed by atoms with van der Waals surface area (Å²) in [6.45, 7) is 0. The number of nitrogens with zero attached hydrogens (tertiary/aromatic N) is 1. The minimum Gasteiger partial charge on any atom is -0.366 e. The fourth-order valence-electron chi connectivity index (χ4n) is 3.14. The van der Waals surface area contributed by atoms with Crippen LogP contribution in [-0.4, -0.2) is 11.0 Å². The van der Waals surface area contributed by atoms with Gasteiger partial charge in [-0.3, -0.25) is 0 Å². The molecular formula is C18H15BrN2. The van der Waals surface area contributed by atoms with E-state index in [1.54, 1.807) is 0 Å². The Hall–Kier alpha value is -1.87. The van der Waals surface area contributed by atoms with Gasteiger partial charge >= 0.3 is 0 Å². The molecule has 3 heteroatoms. The van der Waals surface area contributed by atoms with Crippen molar-refractivity contribution in [3.63, 3.8) is 0 Å². The monoisotopic (exact) mass is 338 g/mol. The SMILES string of the molecule is Brc1cccc2c(NC3Cc4ccccc4C3)nccc12. The van der Waals surface area contributed by atoms with Crippen LogP contribution in [0, 0.1) is 0 Å². The number of anilines is 1. The number of hydrogen-bond acceptors (Lipinski definition) is 2. The molecule has 21 heavy (non-hydrogen) atoms. The van der Waals surface area contributed by atoms with Crippen molar-refractivity contribution in [2.45, 2.75) is 18.9 Å². The van der Waals surface area contributed by atoms with E-state index in [4.69, 9.17) is 0 Å². The molecule has 1 aromatic heterocycles. The molecule has 2 nitrogen and oxygen atoms in total. The lowest BCUT2D eigenvalue weighted by molar-refractivity contribution is 0.770. The second-order valence-corrected chi connectivity index (χ2v) is 6.37. The highest BCUT2D eigenvalue weighted by Gasteiger charge is 2.21. The molecule has 0 radical (unpaired) electrons. The highest BCUT2D eigenvalue weighted by Crippen LogP contribution is 2.30. The summed E-state index contributed by atoms with van der Waals surface area (Å²) >= 11 is 3.61. The lowest BCUT2D eigenvalue weighted by atomic mass is 10.1. The summed E-state index contributed by atoms with van der Waals surface area (Å²) in [5, 5.41) is 5.99. The average molecular weight is 339 g/mol. The molecule has 0 unspecified atom stereocenters. The van der Waals surface area contributed by atoms with Crippen LogP contribution in [0.4, 0.5) is 5.82 Å². The standard InChI is InChI=1S/C18H15BrN2/c19-17-7-3-6-16-15(17)8-9-20-18(16)21-14-10-12-4-1-2-5-13(12)11-14/h1-9,14H,10-11H2,(H,20,21). The van der Waals surface area contributed by atoms with Crippen LogP contribution in [0.1, 0.15) is 11.1 Å². The number of benzene rings is 2. The Bertz CT molecular complexity index is 788. The highest BCUT2D eigenvalue weighted by molar-refractivity contribution is 9.10. The van der Waals surface area contributed by atoms with Gasteiger partial charge in [-0.05, 0) is 36.1 Å². The van der Waals surface area contributed by atoms with Gasteiger partial charge in [0.25, 0.3) is 0 Å². The minimum atomic E-state index is 0.430. The Balaban J connectivity index is 1.66. The van der Waals surface area contributed by atoms with Crippen molar-refractivity contribution < 1.29 is 0 Å². The van der Waals surface area contributed by atoms with Crippen molar-refractivity contribution in [3.8, 4) is 0 Å². The third-order valence-corrected chi connectivity index (χ3v) is 4.84. The topological polar surface area (TPSA) is 24.9 Å². The van der Waals surface area contributed by atoms with E-state index in [0.717, 1.165) is 23.1 Å². The Morgan fingerprint density at radius 3 is 2.43 bits per heavy atom. The molecule has 104 valence electrons. The van der Waals surface area contributed by atoms with Crippen LogP contribution in [0.15, 0.2) is 59.2 Å². The highest BCUT2D eigenvalue weighted by atomic mass is 79.9. The second kappa shape index (κ2) is 5.15. The average Bonchev–Trinajstić information content (AvgIpc) is 2.90. The largest absolute Gasteiger partial charge is 0.366 e. The molecule has 0 saturated carbocycles. The smallest absolute Gasteiger partial charge is 0.134 e. The maximum atomic E-state index is 4.54. The Morgan fingerprint density at radius 2 is 1.67 bits per heavy atom. The fraction of sp³-hybridized carbons (Fsp3) is 0.167. The molecule has 2 aromatic carbocycles. The van der Waals surface area contributed by atoms with Crippen molar-refractivity contribution in [2.24, 2.45) is 0 Å². The van der Waals surface area contributed by atoms with Crippen molar-refractivity contribution in [1.82, 2.24) is 4.98 Å². The van der Waals surface area contributed by atoms with Crippen LogP contribution < -0.4 is 5.32 Å². The van der Waals surface area contributed by atoms with Crippen LogP contribution in [0.25, 0.3) is 10.8 Å². The fourth-order valence-corrected chi connectivity index (χ4v) is 3.64. The first-order valence-corrected chi connectivity index (χ1v) is 7.97. The van der Waals surface area contributed by atoms with Crippen LogP contribution >= 0.6 is 15.9 Å². The van der Waals surface area contributed by atoms with E-state index in [1.807, 2.05) is 12.3 Å². The molecule has 3 aromatic rings. The summed E-state index contributed by atoms with van der Waals surface area (Å²) in [7, 11) is 0. The summed E-state index contributed by atoms with van der Waals surface area (Å²) in [6.07, 6.45) is 4.02. The first-order chi connectivity index (χ1) is 10.3. The molecule has 0 spiro atoms. The number of rotatable bonds is 2. The van der Waals surface area contributed by atoms with Gasteiger partial charge in [-0.15, -0.1) is 0 Å². The van der Waals surface area contributed by atoms with E-state index in [0.29, 0.717) is 6.04 Å². The van der Waals surface area contributed by atoms with Crippen LogP contribution in [0.3, 0.4) is 0 Å². The van der Waals surface area contributed by atoms with E-state index < -0.39 is 0 Å². The quantitative estimate of drug-likeness (QED) is 0.739. The van der Waals surface area contributed by atoms with E-state index >= 15 is 0 Å². The van der Waals surface area contributed by atoms with Crippen molar-refractivity contribution in [2.75, 3.05) is 5.32 Å². The van der Waals surface area contributed by atoms with Crippen LogP contribution in [0.5, 0.6) is 0 Å². The molecule has 1 aliphatic carbocycles. The molecular weight excluding hydrogens is 324 g/mol. The van der Waals surface area contributed by atoms with Gasteiger partial charge in [0.1, 0.15) is 5.82 Å². The number of aromatic nitrogens is 1. The zero-order valence-corrected chi connectivity index (χ0v) is 13.1. The Kier molecular flexibility index (Phi) is 3.15. The summed E-state index contributed by atoms with van der Waals surface area (Å²) in [4.78, 5) is 4.54. The molecule has 0 bridgehead atoms. The number of hydrogen-bond donors (Lipinski definition) is 1. The Labute approximate surface area is 132 Å². The van der Waals surface area contributed by atoms with Crippen LogP contribution in [0.2, 0.25) is 0 Å². The summed E-state index contributed by atoms with van der Waals surface area (Å²) in [5.41, 5.74) is 2.91. The third-order valence-electron chi connectivity index (χ3n) is 4.14. The van der Waals surface area contributed by atoms with E-state index in [9.17, 15) is 0 Å². The summed E-state index contributed by atoms with van der Waals surface area (Å²) < 4.78 is 1.11. The third kappa shape index (κ3) is 2.32. The number of nitrogens with one attached hydrogen (secondary N) is 1. The maximum Gasteiger partial charge on any atom is 0.134 e. The van der Waals surface area contributed by atoms with Gasteiger partial charge in [-0.1, -0.05) is 52.3 Å². The number of fused-ring (bicyclic) bond motifs is 2. The molecule has 0 amide bonds. The van der Waals surface area contributed by atoms with Gasteiger partial charge in [0, 0.05) is 27.5 Å². The van der Waals surface area contributed by atoms with Gasteiger partial charge in [0.05, 0.1) is 0 Å². The van der Waals surface area contributed by atoms with Crippen molar-refractivity contribution >= 4 is 32.5 Å². The lowest BCUT2D eigenvalue weighted by Crippen LogP contribution is -2.20. The van der Waals surface area contributed by atoms with Gasteiger partial charge in [0.2, 0.25) is 0 Å². The van der Waals surface area contributed by atoms with E-state index in [-0.39, 0.29) is 0 Å². The molecule has 1 heterocycles. The van der Waals surface area contributed by atoms with Gasteiger partial charge in [-0.2, -0.15) is 0 Å². The first-order valence-electron chi connectivity index (χ1n) is 7.18. The number of halogens is 1. The molecule has 0 aliphatic heterocycles. The van der Waals surface area contributed by atoms with Gasteiger partial charge in [0.15, 0.2) is 0 Å².